The zero-order valence-electron chi connectivity index (χ0n) is 14.3. The van der Waals surface area contributed by atoms with Crippen molar-refractivity contribution < 1.29 is 5.11 Å². The Bertz CT molecular complexity index is 627. The molecule has 0 fully saturated rings. The number of aliphatic hydroxyl groups is 1. The summed E-state index contributed by atoms with van der Waals surface area (Å²) in [5.41, 5.74) is 0.935. The third-order valence-corrected chi connectivity index (χ3v) is 4.47. The van der Waals surface area contributed by atoms with Gasteiger partial charge < -0.3 is 15.7 Å². The van der Waals surface area contributed by atoms with Crippen molar-refractivity contribution in [1.82, 2.24) is 15.6 Å². The SMILES string of the molecule is CCNC(=NCCC(O)c1ccccc1)NCCc1ncc(C)s1. The molecule has 0 amide bonds. The standard InChI is InChI=1S/C18H26N4OS/c1-3-19-18(21-12-10-17-22-13-14(2)24-17)20-11-9-16(23)15-7-5-4-6-8-15/h4-8,13,16,23H,3,9-12H2,1-2H3,(H2,19,20,21). The number of benzene rings is 1. The third-order valence-electron chi connectivity index (χ3n) is 3.50. The fourth-order valence-corrected chi connectivity index (χ4v) is 3.07. The van der Waals surface area contributed by atoms with Crippen molar-refractivity contribution in [1.29, 1.82) is 0 Å². The highest BCUT2D eigenvalue weighted by Gasteiger charge is 2.06. The molecule has 0 spiro atoms. The molecule has 0 saturated heterocycles. The molecule has 0 radical (unpaired) electrons. The lowest BCUT2D eigenvalue weighted by Crippen LogP contribution is -2.38. The predicted molar refractivity (Wildman–Crippen MR) is 101 cm³/mol. The maximum absolute atomic E-state index is 10.2. The zero-order chi connectivity index (χ0) is 17.2. The molecule has 2 rings (SSSR count). The third kappa shape index (κ3) is 6.29. The molecule has 1 aromatic carbocycles. The van der Waals surface area contributed by atoms with Crippen LogP contribution in [0.4, 0.5) is 0 Å². The molecule has 0 saturated carbocycles. The van der Waals surface area contributed by atoms with Crippen LogP contribution in [0.2, 0.25) is 0 Å². The maximum atomic E-state index is 10.2. The first kappa shape index (κ1) is 18.4. The number of thiazole rings is 1. The van der Waals surface area contributed by atoms with Gasteiger partial charge in [-0.3, -0.25) is 4.99 Å². The van der Waals surface area contributed by atoms with E-state index in [0.29, 0.717) is 13.0 Å². The van der Waals surface area contributed by atoms with Crippen molar-refractivity contribution in [2.75, 3.05) is 19.6 Å². The summed E-state index contributed by atoms with van der Waals surface area (Å²) in [7, 11) is 0. The number of aliphatic imine (C=N–C) groups is 1. The first-order chi connectivity index (χ1) is 11.7. The van der Waals surface area contributed by atoms with Crippen LogP contribution in [-0.2, 0) is 6.42 Å². The first-order valence-corrected chi connectivity index (χ1v) is 9.17. The average Bonchev–Trinajstić information content (AvgIpc) is 3.01. The summed E-state index contributed by atoms with van der Waals surface area (Å²) in [6.45, 7) is 6.28. The molecule has 1 unspecified atom stereocenters. The van der Waals surface area contributed by atoms with Gasteiger partial charge in [-0.25, -0.2) is 4.98 Å². The van der Waals surface area contributed by atoms with E-state index >= 15 is 0 Å². The summed E-state index contributed by atoms with van der Waals surface area (Å²) in [4.78, 5) is 10.1. The molecular formula is C18H26N4OS. The van der Waals surface area contributed by atoms with Gasteiger partial charge in [0.05, 0.1) is 11.1 Å². The van der Waals surface area contributed by atoms with E-state index in [1.165, 1.54) is 4.88 Å². The minimum atomic E-state index is -0.476. The highest BCUT2D eigenvalue weighted by molar-refractivity contribution is 7.11. The number of rotatable bonds is 8. The molecule has 130 valence electrons. The second-order valence-corrected chi connectivity index (χ2v) is 6.84. The fraction of sp³-hybridized carbons (Fsp3) is 0.444. The van der Waals surface area contributed by atoms with E-state index in [1.807, 2.05) is 43.5 Å². The molecule has 1 heterocycles. The number of guanidine groups is 1. The lowest BCUT2D eigenvalue weighted by molar-refractivity contribution is 0.170. The van der Waals surface area contributed by atoms with Gasteiger partial charge in [0.25, 0.3) is 0 Å². The molecule has 0 aliphatic rings. The van der Waals surface area contributed by atoms with Crippen LogP contribution in [-0.4, -0.2) is 35.7 Å². The van der Waals surface area contributed by atoms with E-state index < -0.39 is 6.10 Å². The summed E-state index contributed by atoms with van der Waals surface area (Å²) < 4.78 is 0. The van der Waals surface area contributed by atoms with Gasteiger partial charge in [-0.2, -0.15) is 0 Å². The molecule has 6 heteroatoms. The number of aryl methyl sites for hydroxylation is 1. The summed E-state index contributed by atoms with van der Waals surface area (Å²) >= 11 is 1.73. The smallest absolute Gasteiger partial charge is 0.191 e. The topological polar surface area (TPSA) is 69.5 Å². The minimum Gasteiger partial charge on any atom is -0.388 e. The van der Waals surface area contributed by atoms with Crippen LogP contribution in [0.3, 0.4) is 0 Å². The van der Waals surface area contributed by atoms with Crippen molar-refractivity contribution in [2.24, 2.45) is 4.99 Å². The molecule has 1 aromatic heterocycles. The van der Waals surface area contributed by atoms with Crippen molar-refractivity contribution in [3.8, 4) is 0 Å². The fourth-order valence-electron chi connectivity index (χ4n) is 2.29. The quantitative estimate of drug-likeness (QED) is 0.508. The molecule has 2 aromatic rings. The van der Waals surface area contributed by atoms with Gasteiger partial charge in [0.1, 0.15) is 0 Å². The molecule has 5 nitrogen and oxygen atoms in total. The summed E-state index contributed by atoms with van der Waals surface area (Å²) in [6, 6.07) is 9.70. The van der Waals surface area contributed by atoms with Crippen molar-refractivity contribution in [3.05, 3.63) is 52.0 Å². The maximum Gasteiger partial charge on any atom is 0.191 e. The van der Waals surface area contributed by atoms with E-state index in [0.717, 1.165) is 36.0 Å². The number of nitrogens with zero attached hydrogens (tertiary/aromatic N) is 2. The highest BCUT2D eigenvalue weighted by Crippen LogP contribution is 2.15. The van der Waals surface area contributed by atoms with Crippen molar-refractivity contribution in [2.45, 2.75) is 32.8 Å². The van der Waals surface area contributed by atoms with Crippen LogP contribution < -0.4 is 10.6 Å². The van der Waals surface area contributed by atoms with E-state index in [2.05, 4.69) is 27.5 Å². The van der Waals surface area contributed by atoms with E-state index in [-0.39, 0.29) is 0 Å². The van der Waals surface area contributed by atoms with Crippen LogP contribution in [0, 0.1) is 6.92 Å². The molecule has 0 bridgehead atoms. The van der Waals surface area contributed by atoms with Crippen LogP contribution >= 0.6 is 11.3 Å². The monoisotopic (exact) mass is 346 g/mol. The van der Waals surface area contributed by atoms with Gasteiger partial charge in [-0.1, -0.05) is 30.3 Å². The summed E-state index contributed by atoms with van der Waals surface area (Å²) in [5.74, 6) is 0.783. The van der Waals surface area contributed by atoms with Crippen molar-refractivity contribution in [3.63, 3.8) is 0 Å². The van der Waals surface area contributed by atoms with Gasteiger partial charge in [0, 0.05) is 37.1 Å². The van der Waals surface area contributed by atoms with Gasteiger partial charge >= 0.3 is 0 Å². The number of hydrogen-bond donors (Lipinski definition) is 3. The van der Waals surface area contributed by atoms with Crippen LogP contribution in [0.1, 0.15) is 34.9 Å². The summed E-state index contributed by atoms with van der Waals surface area (Å²) in [6.07, 6.45) is 2.92. The van der Waals surface area contributed by atoms with Crippen molar-refractivity contribution >= 4 is 17.3 Å². The van der Waals surface area contributed by atoms with Gasteiger partial charge in [-0.15, -0.1) is 11.3 Å². The Hall–Kier alpha value is -1.92. The second-order valence-electron chi connectivity index (χ2n) is 5.52. The number of aliphatic hydroxyl groups excluding tert-OH is 1. The van der Waals surface area contributed by atoms with Crippen LogP contribution in [0.15, 0.2) is 41.5 Å². The lowest BCUT2D eigenvalue weighted by Gasteiger charge is -2.12. The van der Waals surface area contributed by atoms with Crippen LogP contribution in [0.25, 0.3) is 0 Å². The predicted octanol–water partition coefficient (Wildman–Crippen LogP) is 2.67. The Morgan fingerprint density at radius 2 is 2.08 bits per heavy atom. The number of nitrogens with one attached hydrogen (secondary N) is 2. The average molecular weight is 347 g/mol. The van der Waals surface area contributed by atoms with Gasteiger partial charge in [-0.05, 0) is 25.8 Å². The van der Waals surface area contributed by atoms with E-state index in [9.17, 15) is 5.11 Å². The molecule has 1 atom stereocenters. The number of aromatic nitrogens is 1. The van der Waals surface area contributed by atoms with Crippen LogP contribution in [0.5, 0.6) is 0 Å². The first-order valence-electron chi connectivity index (χ1n) is 8.35. The zero-order valence-corrected chi connectivity index (χ0v) is 15.1. The summed E-state index contributed by atoms with van der Waals surface area (Å²) in [5, 5.41) is 17.9. The molecule has 24 heavy (non-hydrogen) atoms. The Kier molecular flexibility index (Phi) is 7.71. The van der Waals surface area contributed by atoms with Gasteiger partial charge in [0.2, 0.25) is 0 Å². The van der Waals surface area contributed by atoms with Gasteiger partial charge in [0.15, 0.2) is 5.96 Å². The number of hydrogen-bond acceptors (Lipinski definition) is 4. The highest BCUT2D eigenvalue weighted by atomic mass is 32.1. The minimum absolute atomic E-state index is 0.476. The molecule has 0 aliphatic heterocycles. The molecule has 3 N–H and O–H groups in total. The Morgan fingerprint density at radius 3 is 2.75 bits per heavy atom. The largest absolute Gasteiger partial charge is 0.388 e. The second kappa shape index (κ2) is 10.1. The Labute approximate surface area is 147 Å². The Balaban J connectivity index is 1.77. The van der Waals surface area contributed by atoms with E-state index in [4.69, 9.17) is 0 Å². The molecule has 0 aliphatic carbocycles. The molecular weight excluding hydrogens is 320 g/mol. The lowest BCUT2D eigenvalue weighted by atomic mass is 10.1. The normalized spacial score (nSPS) is 12.9. The Morgan fingerprint density at radius 1 is 1.29 bits per heavy atom. The van der Waals surface area contributed by atoms with E-state index in [1.54, 1.807) is 11.3 Å².